The molecule has 0 aliphatic rings. The van der Waals surface area contributed by atoms with Crippen LogP contribution in [0.5, 0.6) is 0 Å². The molecule has 0 saturated heterocycles. The number of benzene rings is 1. The van der Waals surface area contributed by atoms with Crippen molar-refractivity contribution in [1.82, 2.24) is 19.8 Å². The molecular weight excluding hydrogens is 425 g/mol. The average molecular weight is 455 g/mol. The average Bonchev–Trinajstić information content (AvgIpc) is 3.09. The number of nitrogens with one attached hydrogen (secondary N) is 1. The summed E-state index contributed by atoms with van der Waals surface area (Å²) < 4.78 is 2.07. The minimum absolute atomic E-state index is 0. The van der Waals surface area contributed by atoms with Gasteiger partial charge in [-0.05, 0) is 24.5 Å². The monoisotopic (exact) mass is 455 g/mol. The van der Waals surface area contributed by atoms with Crippen LogP contribution in [0.25, 0.3) is 0 Å². The quantitative estimate of drug-likeness (QED) is 0.375. The van der Waals surface area contributed by atoms with E-state index in [9.17, 15) is 0 Å². The van der Waals surface area contributed by atoms with Crippen molar-refractivity contribution >= 4 is 29.9 Å². The number of unbranched alkanes of at least 4 members (excludes halogenated alkanes) is 1. The van der Waals surface area contributed by atoms with Gasteiger partial charge in [0.2, 0.25) is 0 Å². The zero-order valence-corrected chi connectivity index (χ0v) is 17.8. The molecule has 0 aliphatic carbocycles. The van der Waals surface area contributed by atoms with Crippen LogP contribution in [0.3, 0.4) is 0 Å². The van der Waals surface area contributed by atoms with Gasteiger partial charge >= 0.3 is 0 Å². The zero-order chi connectivity index (χ0) is 17.2. The third-order valence-electron chi connectivity index (χ3n) is 3.87. The Morgan fingerprint density at radius 3 is 2.76 bits per heavy atom. The van der Waals surface area contributed by atoms with Gasteiger partial charge in [-0.1, -0.05) is 37.6 Å². The number of imidazole rings is 1. The smallest absolute Gasteiger partial charge is 0.193 e. The molecule has 0 unspecified atom stereocenters. The molecule has 6 heteroatoms. The molecule has 1 aromatic carbocycles. The number of halogens is 1. The lowest BCUT2D eigenvalue weighted by atomic mass is 10.1. The molecule has 5 nitrogen and oxygen atoms in total. The highest BCUT2D eigenvalue weighted by Gasteiger charge is 2.05. The maximum atomic E-state index is 4.79. The van der Waals surface area contributed by atoms with Gasteiger partial charge < -0.3 is 14.8 Å². The summed E-state index contributed by atoms with van der Waals surface area (Å²) in [5, 5.41) is 3.38. The fourth-order valence-electron chi connectivity index (χ4n) is 2.55. The summed E-state index contributed by atoms with van der Waals surface area (Å²) in [6.45, 7) is 7.77. The summed E-state index contributed by atoms with van der Waals surface area (Å²) in [4.78, 5) is 11.1. The molecule has 0 spiro atoms. The van der Waals surface area contributed by atoms with Gasteiger partial charge in [0.25, 0.3) is 0 Å². The fourth-order valence-corrected chi connectivity index (χ4v) is 2.55. The molecule has 0 atom stereocenters. The molecule has 0 bridgehead atoms. The van der Waals surface area contributed by atoms with E-state index in [1.807, 2.05) is 18.7 Å². The summed E-state index contributed by atoms with van der Waals surface area (Å²) in [7, 11) is 2.10. The summed E-state index contributed by atoms with van der Waals surface area (Å²) >= 11 is 0. The van der Waals surface area contributed by atoms with E-state index in [0.717, 1.165) is 25.6 Å². The highest BCUT2D eigenvalue weighted by Crippen LogP contribution is 2.09. The number of hydrogen-bond acceptors (Lipinski definition) is 2. The topological polar surface area (TPSA) is 45.5 Å². The van der Waals surface area contributed by atoms with Crippen LogP contribution in [0.1, 0.15) is 37.8 Å². The SMILES string of the molecule is CCCCN(C)C(=NCc1cccc(Cn2ccnc2)c1)NCC.I. The standard InChI is InChI=1S/C19H29N5.HI/c1-4-6-11-23(3)19(21-5-2)22-14-17-8-7-9-18(13-17)15-24-12-10-20-16-24;/h7-10,12-13,16H,4-6,11,14-15H2,1-3H3,(H,21,22);1H. The minimum Gasteiger partial charge on any atom is -0.357 e. The first kappa shape index (κ1) is 21.5. The van der Waals surface area contributed by atoms with Gasteiger partial charge in [0.05, 0.1) is 12.9 Å². The Labute approximate surface area is 168 Å². The Kier molecular flexibility index (Phi) is 10.2. The normalized spacial score (nSPS) is 11.1. The number of rotatable bonds is 8. The Balaban J connectivity index is 0.00000312. The second kappa shape index (κ2) is 11.9. The van der Waals surface area contributed by atoms with Crippen LogP contribution in [0.2, 0.25) is 0 Å². The zero-order valence-electron chi connectivity index (χ0n) is 15.5. The van der Waals surface area contributed by atoms with Crippen molar-refractivity contribution in [2.24, 2.45) is 4.99 Å². The van der Waals surface area contributed by atoms with Crippen LogP contribution in [0, 0.1) is 0 Å². The molecule has 2 aromatic rings. The number of guanidine groups is 1. The highest BCUT2D eigenvalue weighted by molar-refractivity contribution is 14.0. The van der Waals surface area contributed by atoms with Gasteiger partial charge in [0.15, 0.2) is 5.96 Å². The summed E-state index contributed by atoms with van der Waals surface area (Å²) in [6, 6.07) is 8.60. The highest BCUT2D eigenvalue weighted by atomic mass is 127. The molecule has 1 heterocycles. The van der Waals surface area contributed by atoms with Crippen molar-refractivity contribution in [2.45, 2.75) is 39.8 Å². The van der Waals surface area contributed by atoms with Crippen LogP contribution in [-0.4, -0.2) is 40.5 Å². The molecule has 0 aliphatic heterocycles. The first-order chi connectivity index (χ1) is 11.7. The van der Waals surface area contributed by atoms with Crippen LogP contribution >= 0.6 is 24.0 Å². The van der Waals surface area contributed by atoms with Crippen molar-refractivity contribution in [2.75, 3.05) is 20.1 Å². The first-order valence-corrected chi connectivity index (χ1v) is 8.76. The molecule has 1 N–H and O–H groups in total. The van der Waals surface area contributed by atoms with E-state index in [1.165, 1.54) is 24.0 Å². The molecule has 0 radical (unpaired) electrons. The molecule has 0 fully saturated rings. The van der Waals surface area contributed by atoms with Crippen LogP contribution < -0.4 is 5.32 Å². The van der Waals surface area contributed by atoms with Crippen molar-refractivity contribution in [3.05, 3.63) is 54.1 Å². The van der Waals surface area contributed by atoms with Crippen LogP contribution in [-0.2, 0) is 13.1 Å². The molecule has 0 saturated carbocycles. The van der Waals surface area contributed by atoms with Crippen molar-refractivity contribution < 1.29 is 0 Å². The van der Waals surface area contributed by atoms with E-state index < -0.39 is 0 Å². The third kappa shape index (κ3) is 7.46. The Morgan fingerprint density at radius 2 is 2.08 bits per heavy atom. The molecule has 0 amide bonds. The number of nitrogens with zero attached hydrogens (tertiary/aromatic N) is 4. The lowest BCUT2D eigenvalue weighted by molar-refractivity contribution is 0.465. The predicted molar refractivity (Wildman–Crippen MR) is 116 cm³/mol. The molecule has 2 rings (SSSR count). The van der Waals surface area contributed by atoms with E-state index in [4.69, 9.17) is 4.99 Å². The van der Waals surface area contributed by atoms with Gasteiger partial charge in [-0.25, -0.2) is 9.98 Å². The maximum absolute atomic E-state index is 4.79. The Morgan fingerprint density at radius 1 is 1.28 bits per heavy atom. The second-order valence-electron chi connectivity index (χ2n) is 6.00. The summed E-state index contributed by atoms with van der Waals surface area (Å²) in [5.41, 5.74) is 2.50. The van der Waals surface area contributed by atoms with E-state index in [-0.39, 0.29) is 24.0 Å². The van der Waals surface area contributed by atoms with Crippen molar-refractivity contribution in [3.8, 4) is 0 Å². The summed E-state index contributed by atoms with van der Waals surface area (Å²) in [6.07, 6.45) is 8.01. The van der Waals surface area contributed by atoms with Crippen LogP contribution in [0.4, 0.5) is 0 Å². The minimum atomic E-state index is 0. The molecule has 1 aromatic heterocycles. The van der Waals surface area contributed by atoms with Crippen molar-refractivity contribution in [1.29, 1.82) is 0 Å². The first-order valence-electron chi connectivity index (χ1n) is 8.76. The van der Waals surface area contributed by atoms with Gasteiger partial charge in [0.1, 0.15) is 0 Å². The van der Waals surface area contributed by atoms with Gasteiger partial charge in [-0.2, -0.15) is 0 Å². The maximum Gasteiger partial charge on any atom is 0.193 e. The number of hydrogen-bond donors (Lipinski definition) is 1. The molecular formula is C19H30IN5. The van der Waals surface area contributed by atoms with Crippen molar-refractivity contribution in [3.63, 3.8) is 0 Å². The lowest BCUT2D eigenvalue weighted by Gasteiger charge is -2.21. The number of aliphatic imine (C=N–C) groups is 1. The molecule has 25 heavy (non-hydrogen) atoms. The fraction of sp³-hybridized carbons (Fsp3) is 0.474. The van der Waals surface area contributed by atoms with E-state index in [0.29, 0.717) is 6.54 Å². The lowest BCUT2D eigenvalue weighted by Crippen LogP contribution is -2.39. The Bertz CT molecular complexity index is 625. The van der Waals surface area contributed by atoms with Gasteiger partial charge in [-0.3, -0.25) is 0 Å². The van der Waals surface area contributed by atoms with E-state index >= 15 is 0 Å². The van der Waals surface area contributed by atoms with E-state index in [1.54, 1.807) is 0 Å². The van der Waals surface area contributed by atoms with Crippen LogP contribution in [0.15, 0.2) is 48.0 Å². The largest absolute Gasteiger partial charge is 0.357 e. The predicted octanol–water partition coefficient (Wildman–Crippen LogP) is 3.75. The third-order valence-corrected chi connectivity index (χ3v) is 3.87. The van der Waals surface area contributed by atoms with Gasteiger partial charge in [-0.15, -0.1) is 24.0 Å². The Hall–Kier alpha value is -1.57. The second-order valence-corrected chi connectivity index (χ2v) is 6.00. The molecule has 138 valence electrons. The van der Waals surface area contributed by atoms with Gasteiger partial charge in [0, 0.05) is 39.1 Å². The van der Waals surface area contributed by atoms with E-state index in [2.05, 4.69) is 64.9 Å². The number of aromatic nitrogens is 2. The summed E-state index contributed by atoms with van der Waals surface area (Å²) in [5.74, 6) is 0.978.